The van der Waals surface area contributed by atoms with Crippen molar-refractivity contribution >= 4 is 51.8 Å². The molecule has 262 valence electrons. The number of rotatable bonds is 15. The molecular weight excluding hydrogens is 656 g/mol. The Morgan fingerprint density at radius 1 is 0.824 bits per heavy atom. The van der Waals surface area contributed by atoms with Crippen LogP contribution < -0.4 is 9.47 Å². The van der Waals surface area contributed by atoms with E-state index in [1.165, 1.54) is 0 Å². The number of carbonyl (C=O) groups is 4. The zero-order valence-electron chi connectivity index (χ0n) is 27.7. The van der Waals surface area contributed by atoms with E-state index >= 15 is 0 Å². The molecule has 1 aliphatic rings. The molecule has 0 spiro atoms. The molecule has 0 unspecified atom stereocenters. The average Bonchev–Trinajstić information content (AvgIpc) is 3.76. The standard InChI is InChI=1S/C39H36N2O10/c1-23(28(27-15-16-33-34(18-27)50-22-49-33)9-6-12-35-40-31-10-4-5-11-32(31)51-35)41(21-24-13-14-25-7-2-3-8-26(25)17-24)36(42)19-29(38(45)46)30(39(47)48)20-37(43)44/h2-8,10-18,23,28-30H,9,19-22H2,1H3,(H,43,44)(H,45,46)(H,47,48)/t23-,28+,29+,30+/m1/s1. The lowest BCUT2D eigenvalue weighted by Gasteiger charge is -2.36. The summed E-state index contributed by atoms with van der Waals surface area (Å²) in [5.41, 5.74) is 2.93. The Morgan fingerprint density at radius 2 is 1.53 bits per heavy atom. The van der Waals surface area contributed by atoms with Crippen molar-refractivity contribution in [1.29, 1.82) is 0 Å². The SMILES string of the molecule is C[C@H]([C@H](CC=Cc1nc2ccccc2o1)c1ccc2c(c1)OCO2)N(Cc1ccc2ccccc2c1)C(=O)C[C@H](C(=O)O)[C@H](CC(=O)O)C(=O)O. The molecule has 4 atom stereocenters. The number of fused-ring (bicyclic) bond motifs is 3. The van der Waals surface area contributed by atoms with Crippen LogP contribution in [0.25, 0.3) is 27.9 Å². The molecule has 12 heteroatoms. The van der Waals surface area contributed by atoms with E-state index in [9.17, 15) is 34.5 Å². The molecule has 3 N–H and O–H groups in total. The third-order valence-corrected chi connectivity index (χ3v) is 9.26. The van der Waals surface area contributed by atoms with Gasteiger partial charge in [-0.05, 0) is 71.7 Å². The van der Waals surface area contributed by atoms with Crippen molar-refractivity contribution < 1.29 is 48.4 Å². The summed E-state index contributed by atoms with van der Waals surface area (Å²) in [7, 11) is 0. The highest BCUT2D eigenvalue weighted by atomic mass is 16.7. The summed E-state index contributed by atoms with van der Waals surface area (Å²) in [6, 6.07) is 25.8. The van der Waals surface area contributed by atoms with Crippen LogP contribution in [-0.2, 0) is 25.7 Å². The summed E-state index contributed by atoms with van der Waals surface area (Å²) >= 11 is 0. The molecule has 6 rings (SSSR count). The molecule has 0 bridgehead atoms. The van der Waals surface area contributed by atoms with Crippen molar-refractivity contribution in [2.75, 3.05) is 6.79 Å². The number of oxazole rings is 1. The van der Waals surface area contributed by atoms with E-state index in [-0.39, 0.29) is 19.3 Å². The van der Waals surface area contributed by atoms with Crippen LogP contribution in [0.5, 0.6) is 11.5 Å². The summed E-state index contributed by atoms with van der Waals surface area (Å²) in [6.45, 7) is 1.99. The Morgan fingerprint density at radius 3 is 2.27 bits per heavy atom. The Labute approximate surface area is 292 Å². The van der Waals surface area contributed by atoms with Gasteiger partial charge < -0.3 is 34.1 Å². The number of benzene rings is 4. The monoisotopic (exact) mass is 692 g/mol. The molecule has 0 radical (unpaired) electrons. The lowest BCUT2D eigenvalue weighted by molar-refractivity contribution is -0.159. The number of carboxylic acids is 3. The lowest BCUT2D eigenvalue weighted by atomic mass is 9.84. The van der Waals surface area contributed by atoms with Crippen LogP contribution in [0, 0.1) is 11.8 Å². The summed E-state index contributed by atoms with van der Waals surface area (Å²) in [5.74, 6) is -7.72. The summed E-state index contributed by atoms with van der Waals surface area (Å²) < 4.78 is 17.1. The fourth-order valence-electron chi connectivity index (χ4n) is 6.54. The number of ether oxygens (including phenoxy) is 2. The van der Waals surface area contributed by atoms with E-state index < -0.39 is 54.5 Å². The van der Waals surface area contributed by atoms with Crippen LogP contribution >= 0.6 is 0 Å². The predicted octanol–water partition coefficient (Wildman–Crippen LogP) is 6.58. The predicted molar refractivity (Wildman–Crippen MR) is 186 cm³/mol. The van der Waals surface area contributed by atoms with Gasteiger partial charge >= 0.3 is 17.9 Å². The number of carbonyl (C=O) groups excluding carboxylic acids is 1. The number of carboxylic acid groups (broad SMARTS) is 3. The first kappa shape index (κ1) is 34.7. The molecule has 1 aliphatic heterocycles. The summed E-state index contributed by atoms with van der Waals surface area (Å²) in [4.78, 5) is 56.4. The van der Waals surface area contributed by atoms with Crippen molar-refractivity contribution in [1.82, 2.24) is 9.88 Å². The van der Waals surface area contributed by atoms with Crippen LogP contribution in [0.4, 0.5) is 0 Å². The van der Waals surface area contributed by atoms with E-state index in [1.807, 2.05) is 91.9 Å². The molecule has 1 amide bonds. The molecule has 1 aromatic heterocycles. The van der Waals surface area contributed by atoms with Crippen LogP contribution in [-0.4, -0.2) is 61.9 Å². The second kappa shape index (κ2) is 15.2. The van der Waals surface area contributed by atoms with Crippen molar-refractivity contribution in [3.8, 4) is 11.5 Å². The van der Waals surface area contributed by atoms with Gasteiger partial charge in [0.25, 0.3) is 0 Å². The number of amides is 1. The van der Waals surface area contributed by atoms with Crippen LogP contribution in [0.15, 0.2) is 95.4 Å². The fourth-order valence-corrected chi connectivity index (χ4v) is 6.54. The van der Waals surface area contributed by atoms with E-state index in [0.29, 0.717) is 34.9 Å². The number of nitrogens with zero attached hydrogens (tertiary/aromatic N) is 2. The summed E-state index contributed by atoms with van der Waals surface area (Å²) in [5, 5.41) is 31.2. The highest BCUT2D eigenvalue weighted by Gasteiger charge is 2.39. The van der Waals surface area contributed by atoms with Crippen LogP contribution in [0.3, 0.4) is 0 Å². The van der Waals surface area contributed by atoms with Gasteiger partial charge in [-0.2, -0.15) is 0 Å². The van der Waals surface area contributed by atoms with Gasteiger partial charge in [0, 0.05) is 24.9 Å². The number of hydrogen-bond acceptors (Lipinski definition) is 8. The maximum absolute atomic E-state index is 14.3. The van der Waals surface area contributed by atoms with Gasteiger partial charge in [0.1, 0.15) is 5.52 Å². The highest BCUT2D eigenvalue weighted by molar-refractivity contribution is 5.88. The third kappa shape index (κ3) is 8.01. The van der Waals surface area contributed by atoms with Gasteiger partial charge in [-0.25, -0.2) is 4.98 Å². The normalized spacial score (nSPS) is 14.7. The Hall–Kier alpha value is -6.17. The first-order valence-electron chi connectivity index (χ1n) is 16.4. The van der Waals surface area contributed by atoms with Gasteiger partial charge in [0.2, 0.25) is 18.6 Å². The molecule has 0 aliphatic carbocycles. The maximum Gasteiger partial charge on any atom is 0.307 e. The lowest BCUT2D eigenvalue weighted by Crippen LogP contribution is -2.44. The number of allylic oxidation sites excluding steroid dienone is 1. The first-order chi connectivity index (χ1) is 24.6. The molecule has 5 aromatic rings. The number of aromatic nitrogens is 1. The molecule has 0 saturated heterocycles. The zero-order valence-corrected chi connectivity index (χ0v) is 27.7. The number of para-hydroxylation sites is 2. The Kier molecular flexibility index (Phi) is 10.3. The van der Waals surface area contributed by atoms with E-state index in [2.05, 4.69) is 4.98 Å². The molecule has 51 heavy (non-hydrogen) atoms. The van der Waals surface area contributed by atoms with E-state index in [4.69, 9.17) is 13.9 Å². The molecular formula is C39H36N2O10. The van der Waals surface area contributed by atoms with Gasteiger partial charge in [-0.1, -0.05) is 60.7 Å². The first-order valence-corrected chi connectivity index (χ1v) is 16.4. The van der Waals surface area contributed by atoms with Crippen molar-refractivity contribution in [2.45, 2.75) is 44.7 Å². The van der Waals surface area contributed by atoms with E-state index in [0.717, 1.165) is 21.9 Å². The van der Waals surface area contributed by atoms with Gasteiger partial charge in [-0.15, -0.1) is 0 Å². The van der Waals surface area contributed by atoms with Crippen molar-refractivity contribution in [3.05, 3.63) is 108 Å². The minimum absolute atomic E-state index is 0.0703. The molecule has 0 saturated carbocycles. The van der Waals surface area contributed by atoms with Crippen molar-refractivity contribution in [3.63, 3.8) is 0 Å². The average molecular weight is 693 g/mol. The minimum atomic E-state index is -1.81. The molecule has 4 aromatic carbocycles. The molecule has 2 heterocycles. The number of hydrogen-bond donors (Lipinski definition) is 3. The molecule has 12 nitrogen and oxygen atoms in total. The second-order valence-electron chi connectivity index (χ2n) is 12.5. The zero-order chi connectivity index (χ0) is 36.1. The Balaban J connectivity index is 1.37. The highest BCUT2D eigenvalue weighted by Crippen LogP contribution is 2.38. The number of aliphatic carboxylic acids is 3. The Bertz CT molecular complexity index is 2090. The maximum atomic E-state index is 14.3. The van der Waals surface area contributed by atoms with Crippen molar-refractivity contribution in [2.24, 2.45) is 11.8 Å². The fraction of sp³-hybridized carbons (Fsp3) is 0.256. The molecule has 0 fully saturated rings. The van der Waals surface area contributed by atoms with Crippen LogP contribution in [0.2, 0.25) is 0 Å². The topological polar surface area (TPSA) is 177 Å². The van der Waals surface area contributed by atoms with Gasteiger partial charge in [0.05, 0.1) is 18.3 Å². The quantitative estimate of drug-likeness (QED) is 0.108. The third-order valence-electron chi connectivity index (χ3n) is 9.26. The van der Waals surface area contributed by atoms with Gasteiger partial charge in [-0.3, -0.25) is 19.2 Å². The largest absolute Gasteiger partial charge is 0.481 e. The smallest absolute Gasteiger partial charge is 0.307 e. The summed E-state index contributed by atoms with van der Waals surface area (Å²) in [6.07, 6.45) is 2.37. The second-order valence-corrected chi connectivity index (χ2v) is 12.5. The minimum Gasteiger partial charge on any atom is -0.481 e. The van der Waals surface area contributed by atoms with Crippen LogP contribution in [0.1, 0.15) is 49.1 Å². The van der Waals surface area contributed by atoms with Gasteiger partial charge in [0.15, 0.2) is 17.1 Å². The van der Waals surface area contributed by atoms with E-state index in [1.54, 1.807) is 17.0 Å².